The molecule has 2 N–H and O–H groups in total. The molecule has 3 aliphatic rings. The van der Waals surface area contributed by atoms with Crippen molar-refractivity contribution in [1.82, 2.24) is 20.2 Å². The third-order valence-electron chi connectivity index (χ3n) is 4.43. The first-order valence-electron chi connectivity index (χ1n) is 8.45. The smallest absolute Gasteiger partial charge is 0.253 e. The summed E-state index contributed by atoms with van der Waals surface area (Å²) in [7, 11) is 0. The van der Waals surface area contributed by atoms with E-state index in [0.717, 1.165) is 30.7 Å². The number of amides is 1. The molecule has 1 saturated heterocycles. The van der Waals surface area contributed by atoms with Crippen LogP contribution in [0.3, 0.4) is 0 Å². The molecule has 5 nitrogen and oxygen atoms in total. The van der Waals surface area contributed by atoms with Crippen molar-refractivity contribution in [2.24, 2.45) is 0 Å². The van der Waals surface area contributed by atoms with E-state index in [1.165, 1.54) is 31.4 Å². The van der Waals surface area contributed by atoms with Crippen LogP contribution < -0.4 is 10.6 Å². The molecular weight excluding hydrogens is 295 g/mol. The highest BCUT2D eigenvalue weighted by Gasteiger charge is 2.27. The van der Waals surface area contributed by atoms with E-state index < -0.39 is 5.82 Å². The number of carbonyl (C=O) groups excluding carboxylic acids is 1. The Bertz CT molecular complexity index is 744. The van der Waals surface area contributed by atoms with Gasteiger partial charge in [0, 0.05) is 19.2 Å². The van der Waals surface area contributed by atoms with E-state index in [9.17, 15) is 9.18 Å². The highest BCUT2D eigenvalue weighted by Crippen LogP contribution is 2.29. The van der Waals surface area contributed by atoms with E-state index in [-0.39, 0.29) is 11.9 Å². The molecule has 1 unspecified atom stereocenters. The Kier molecular flexibility index (Phi) is 3.77. The van der Waals surface area contributed by atoms with Gasteiger partial charge in [-0.3, -0.25) is 4.79 Å². The van der Waals surface area contributed by atoms with Gasteiger partial charge in [-0.05, 0) is 25.5 Å². The van der Waals surface area contributed by atoms with Crippen LogP contribution in [0.25, 0.3) is 11.0 Å². The van der Waals surface area contributed by atoms with Gasteiger partial charge in [-0.15, -0.1) is 0 Å². The predicted molar refractivity (Wildman–Crippen MR) is 85.9 cm³/mol. The van der Waals surface area contributed by atoms with E-state index in [4.69, 9.17) is 0 Å². The molecule has 1 atom stereocenters. The van der Waals surface area contributed by atoms with Crippen molar-refractivity contribution in [3.8, 4) is 0 Å². The Morgan fingerprint density at radius 1 is 1.17 bits per heavy atom. The van der Waals surface area contributed by atoms with E-state index in [0.29, 0.717) is 24.2 Å². The maximum Gasteiger partial charge on any atom is 0.253 e. The summed E-state index contributed by atoms with van der Waals surface area (Å²) in [4.78, 5) is 16.6. The molecule has 0 bridgehead atoms. The molecule has 2 aliphatic heterocycles. The molecule has 2 fully saturated rings. The largest absolute Gasteiger partial charge is 0.350 e. The van der Waals surface area contributed by atoms with Crippen molar-refractivity contribution < 1.29 is 9.18 Å². The van der Waals surface area contributed by atoms with Crippen LogP contribution in [-0.2, 0) is 6.54 Å². The van der Waals surface area contributed by atoms with Crippen molar-refractivity contribution in [3.63, 3.8) is 0 Å². The van der Waals surface area contributed by atoms with Crippen molar-refractivity contribution in [2.45, 2.75) is 44.7 Å². The summed E-state index contributed by atoms with van der Waals surface area (Å²) >= 11 is 0. The molecule has 1 saturated carbocycles. The summed E-state index contributed by atoms with van der Waals surface area (Å²) < 4.78 is 15.7. The van der Waals surface area contributed by atoms with Gasteiger partial charge in [0.15, 0.2) is 0 Å². The normalized spacial score (nSPS) is 22.3. The van der Waals surface area contributed by atoms with Crippen LogP contribution in [0.5, 0.6) is 0 Å². The number of nitrogens with one attached hydrogen (secondary N) is 2. The lowest BCUT2D eigenvalue weighted by molar-refractivity contribution is 0.0956. The third kappa shape index (κ3) is 2.83. The zero-order valence-electron chi connectivity index (χ0n) is 13.1. The lowest BCUT2D eigenvalue weighted by atomic mass is 10.1. The Balaban J connectivity index is 0.000000406. The monoisotopic (exact) mass is 316 g/mol. The predicted octanol–water partition coefficient (Wildman–Crippen LogP) is 2.51. The fraction of sp³-hybridized carbons (Fsp3) is 0.529. The highest BCUT2D eigenvalue weighted by atomic mass is 19.1. The molecule has 5 rings (SSSR count). The Morgan fingerprint density at radius 3 is 2.70 bits per heavy atom. The summed E-state index contributed by atoms with van der Waals surface area (Å²) in [5.74, 6) is 0.278. The second-order valence-corrected chi connectivity index (χ2v) is 6.41. The van der Waals surface area contributed by atoms with Gasteiger partial charge in [0.25, 0.3) is 5.91 Å². The molecule has 1 aromatic carbocycles. The molecule has 122 valence electrons. The minimum absolute atomic E-state index is 0.200. The molecule has 1 aliphatic carbocycles. The second-order valence-electron chi connectivity index (χ2n) is 6.41. The van der Waals surface area contributed by atoms with E-state index >= 15 is 0 Å². The van der Waals surface area contributed by atoms with Crippen LogP contribution in [0, 0.1) is 5.82 Å². The minimum atomic E-state index is -0.417. The highest BCUT2D eigenvalue weighted by molar-refractivity contribution is 6.05. The lowest BCUT2D eigenvalue weighted by Gasteiger charge is -2.12. The number of aromatic nitrogens is 2. The number of imidazole rings is 1. The van der Waals surface area contributed by atoms with Crippen LogP contribution in [0.15, 0.2) is 12.1 Å². The first-order chi connectivity index (χ1) is 11.2. The number of benzene rings is 1. The van der Waals surface area contributed by atoms with Crippen LogP contribution in [0.2, 0.25) is 0 Å². The Morgan fingerprint density at radius 2 is 2.00 bits per heavy atom. The van der Waals surface area contributed by atoms with Crippen molar-refractivity contribution in [2.75, 3.05) is 13.1 Å². The summed E-state index contributed by atoms with van der Waals surface area (Å²) in [6, 6.07) is 2.91. The van der Waals surface area contributed by atoms with Gasteiger partial charge in [0.05, 0.1) is 22.6 Å². The number of rotatable bonds is 1. The SMILES string of the molecule is C1CC1.O=C1NCCn2c(C3CCCN3)nc3cc(F)cc1c32. The molecule has 23 heavy (non-hydrogen) atoms. The van der Waals surface area contributed by atoms with Gasteiger partial charge in [-0.2, -0.15) is 0 Å². The average molecular weight is 316 g/mol. The molecule has 1 amide bonds. The zero-order valence-corrected chi connectivity index (χ0v) is 13.1. The van der Waals surface area contributed by atoms with E-state index in [1.54, 1.807) is 0 Å². The molecule has 0 radical (unpaired) electrons. The molecule has 1 aromatic heterocycles. The van der Waals surface area contributed by atoms with Gasteiger partial charge in [0.2, 0.25) is 0 Å². The van der Waals surface area contributed by atoms with Crippen LogP contribution in [-0.4, -0.2) is 28.5 Å². The standard InChI is InChI=1S/C14H15FN4O.C3H6/c15-8-6-9-12-11(7-8)18-13(10-2-1-3-16-10)19(12)5-4-17-14(9)20;1-2-3-1/h6-7,10,16H,1-5H2,(H,17,20);1-3H2. The van der Waals surface area contributed by atoms with Crippen LogP contribution in [0.4, 0.5) is 4.39 Å². The van der Waals surface area contributed by atoms with Gasteiger partial charge in [0.1, 0.15) is 11.6 Å². The molecule has 2 aromatic rings. The van der Waals surface area contributed by atoms with Gasteiger partial charge < -0.3 is 15.2 Å². The third-order valence-corrected chi connectivity index (χ3v) is 4.43. The Hall–Kier alpha value is -1.95. The van der Waals surface area contributed by atoms with Crippen molar-refractivity contribution in [3.05, 3.63) is 29.3 Å². The molecule has 0 spiro atoms. The molecule has 6 heteroatoms. The second kappa shape index (κ2) is 5.92. The summed E-state index contributed by atoms with van der Waals surface area (Å²) in [5, 5.41) is 6.22. The van der Waals surface area contributed by atoms with Crippen molar-refractivity contribution >= 4 is 16.9 Å². The van der Waals surface area contributed by atoms with Gasteiger partial charge in [-0.1, -0.05) is 19.3 Å². The lowest BCUT2D eigenvalue weighted by Crippen LogP contribution is -2.25. The first kappa shape index (κ1) is 14.6. The summed E-state index contributed by atoms with van der Waals surface area (Å²) in [6.07, 6.45) is 6.65. The van der Waals surface area contributed by atoms with Crippen LogP contribution >= 0.6 is 0 Å². The quantitative estimate of drug-likeness (QED) is 0.850. The average Bonchev–Trinajstić information content (AvgIpc) is 3.26. The maximum absolute atomic E-state index is 13.7. The van der Waals surface area contributed by atoms with Crippen molar-refractivity contribution in [1.29, 1.82) is 0 Å². The van der Waals surface area contributed by atoms with E-state index in [1.807, 2.05) is 0 Å². The van der Waals surface area contributed by atoms with Crippen LogP contribution in [0.1, 0.15) is 54.3 Å². The van der Waals surface area contributed by atoms with E-state index in [2.05, 4.69) is 20.2 Å². The number of carbonyl (C=O) groups is 1. The fourth-order valence-electron chi connectivity index (χ4n) is 3.20. The van der Waals surface area contributed by atoms with Gasteiger partial charge >= 0.3 is 0 Å². The minimum Gasteiger partial charge on any atom is -0.350 e. The number of hydrogen-bond donors (Lipinski definition) is 2. The summed E-state index contributed by atoms with van der Waals surface area (Å²) in [6.45, 7) is 2.20. The molecular formula is C17H21FN4O. The zero-order chi connectivity index (χ0) is 15.8. The van der Waals surface area contributed by atoms with Gasteiger partial charge in [-0.25, -0.2) is 9.37 Å². The number of hydrogen-bond acceptors (Lipinski definition) is 3. The Labute approximate surface area is 134 Å². The number of nitrogens with zero attached hydrogens (tertiary/aromatic N) is 2. The topological polar surface area (TPSA) is 59.0 Å². The number of halogens is 1. The fourth-order valence-corrected chi connectivity index (χ4v) is 3.20. The maximum atomic E-state index is 13.7. The first-order valence-corrected chi connectivity index (χ1v) is 8.45. The molecule has 3 heterocycles. The summed E-state index contributed by atoms with van der Waals surface area (Å²) in [5.41, 5.74) is 1.71.